The van der Waals surface area contributed by atoms with Crippen molar-refractivity contribution in [1.82, 2.24) is 4.90 Å². The van der Waals surface area contributed by atoms with E-state index in [1.807, 2.05) is 30.9 Å². The lowest BCUT2D eigenvalue weighted by Gasteiger charge is -2.21. The minimum atomic E-state index is -0.149. The largest absolute Gasteiger partial charge is 0.376 e. The van der Waals surface area contributed by atoms with E-state index in [0.717, 1.165) is 37.2 Å². The number of carbonyl (C=O) groups excluding carboxylic acids is 2. The van der Waals surface area contributed by atoms with Crippen LogP contribution in [0.3, 0.4) is 0 Å². The Balaban J connectivity index is 1.99. The summed E-state index contributed by atoms with van der Waals surface area (Å²) in [6, 6.07) is 13.2. The second-order valence-electron chi connectivity index (χ2n) is 7.09. The summed E-state index contributed by atoms with van der Waals surface area (Å²) in [6.45, 7) is 9.83. The van der Waals surface area contributed by atoms with Gasteiger partial charge in [-0.15, -0.1) is 0 Å². The normalized spacial score (nSPS) is 10.4. The molecule has 28 heavy (non-hydrogen) atoms. The van der Waals surface area contributed by atoms with Crippen molar-refractivity contribution in [2.45, 2.75) is 40.5 Å². The van der Waals surface area contributed by atoms with Gasteiger partial charge in [0.1, 0.15) is 0 Å². The summed E-state index contributed by atoms with van der Waals surface area (Å²) in [5.41, 5.74) is 4.47. The first-order chi connectivity index (χ1) is 13.4. The summed E-state index contributed by atoms with van der Waals surface area (Å²) in [6.07, 6.45) is 1.85. The molecule has 0 aliphatic heterocycles. The number of rotatable bonds is 9. The molecule has 0 saturated heterocycles. The maximum atomic E-state index is 12.7. The van der Waals surface area contributed by atoms with Crippen molar-refractivity contribution in [3.8, 4) is 0 Å². The molecule has 0 aliphatic rings. The number of benzene rings is 2. The number of amides is 2. The Hall–Kier alpha value is -2.82. The van der Waals surface area contributed by atoms with Crippen LogP contribution in [-0.2, 0) is 4.79 Å². The molecule has 0 spiro atoms. The molecule has 2 aromatic rings. The SMILES string of the molecule is CCCN(CCC)C(=O)c1cccc(NC(=O)CNc2ccc(C)cc2C)c1. The van der Waals surface area contributed by atoms with Gasteiger partial charge >= 0.3 is 0 Å². The zero-order chi connectivity index (χ0) is 20.5. The highest BCUT2D eigenvalue weighted by Crippen LogP contribution is 2.16. The molecule has 0 aliphatic carbocycles. The molecule has 0 atom stereocenters. The number of nitrogens with one attached hydrogen (secondary N) is 2. The highest BCUT2D eigenvalue weighted by molar-refractivity contribution is 5.98. The van der Waals surface area contributed by atoms with Gasteiger partial charge in [-0.05, 0) is 56.5 Å². The van der Waals surface area contributed by atoms with Gasteiger partial charge in [-0.1, -0.05) is 37.6 Å². The van der Waals surface area contributed by atoms with Gasteiger partial charge in [-0.25, -0.2) is 0 Å². The molecular formula is C23H31N3O2. The molecule has 150 valence electrons. The van der Waals surface area contributed by atoms with Gasteiger partial charge in [0.15, 0.2) is 0 Å². The molecule has 0 saturated carbocycles. The van der Waals surface area contributed by atoms with Crippen molar-refractivity contribution in [1.29, 1.82) is 0 Å². The fourth-order valence-electron chi connectivity index (χ4n) is 3.16. The Morgan fingerprint density at radius 3 is 2.32 bits per heavy atom. The summed E-state index contributed by atoms with van der Waals surface area (Å²) in [7, 11) is 0. The summed E-state index contributed by atoms with van der Waals surface area (Å²) in [5, 5.41) is 6.03. The van der Waals surface area contributed by atoms with Gasteiger partial charge in [0, 0.05) is 30.0 Å². The zero-order valence-electron chi connectivity index (χ0n) is 17.3. The Kier molecular flexibility index (Phi) is 8.05. The van der Waals surface area contributed by atoms with E-state index in [2.05, 4.69) is 30.5 Å². The second-order valence-corrected chi connectivity index (χ2v) is 7.09. The second kappa shape index (κ2) is 10.5. The number of aryl methyl sites for hydroxylation is 2. The highest BCUT2D eigenvalue weighted by atomic mass is 16.2. The number of hydrogen-bond acceptors (Lipinski definition) is 3. The minimum absolute atomic E-state index is 0.00760. The highest BCUT2D eigenvalue weighted by Gasteiger charge is 2.15. The molecule has 2 N–H and O–H groups in total. The molecule has 2 aromatic carbocycles. The van der Waals surface area contributed by atoms with E-state index in [0.29, 0.717) is 11.3 Å². The lowest BCUT2D eigenvalue weighted by Crippen LogP contribution is -2.32. The molecule has 2 amide bonds. The lowest BCUT2D eigenvalue weighted by atomic mass is 10.1. The van der Waals surface area contributed by atoms with Gasteiger partial charge in [-0.3, -0.25) is 9.59 Å². The monoisotopic (exact) mass is 381 g/mol. The molecule has 0 fully saturated rings. The average Bonchev–Trinajstić information content (AvgIpc) is 2.67. The first-order valence-electron chi connectivity index (χ1n) is 9.95. The predicted octanol–water partition coefficient (Wildman–Crippen LogP) is 4.62. The van der Waals surface area contributed by atoms with E-state index < -0.39 is 0 Å². The summed E-state index contributed by atoms with van der Waals surface area (Å²) in [4.78, 5) is 26.9. The summed E-state index contributed by atoms with van der Waals surface area (Å²) < 4.78 is 0. The van der Waals surface area contributed by atoms with Gasteiger partial charge in [0.25, 0.3) is 5.91 Å². The van der Waals surface area contributed by atoms with Gasteiger partial charge in [0.2, 0.25) is 5.91 Å². The van der Waals surface area contributed by atoms with Crippen molar-refractivity contribution < 1.29 is 9.59 Å². The van der Waals surface area contributed by atoms with Crippen LogP contribution in [0.15, 0.2) is 42.5 Å². The van der Waals surface area contributed by atoms with Gasteiger partial charge < -0.3 is 15.5 Å². The standard InChI is InChI=1S/C23H31N3O2/c1-5-12-26(13-6-2)23(28)19-8-7-9-20(15-19)25-22(27)16-24-21-11-10-17(3)14-18(21)4/h7-11,14-15,24H,5-6,12-13,16H2,1-4H3,(H,25,27). The van der Waals surface area contributed by atoms with Crippen molar-refractivity contribution in [3.63, 3.8) is 0 Å². The van der Waals surface area contributed by atoms with Crippen LogP contribution in [0.25, 0.3) is 0 Å². The third-order valence-corrected chi connectivity index (χ3v) is 4.49. The van der Waals surface area contributed by atoms with Crippen LogP contribution in [-0.4, -0.2) is 36.3 Å². The third kappa shape index (κ3) is 6.12. The minimum Gasteiger partial charge on any atom is -0.376 e. The van der Waals surface area contributed by atoms with E-state index in [-0.39, 0.29) is 18.4 Å². The van der Waals surface area contributed by atoms with Crippen LogP contribution >= 0.6 is 0 Å². The maximum absolute atomic E-state index is 12.7. The van der Waals surface area contributed by atoms with E-state index in [1.165, 1.54) is 5.56 Å². The molecule has 0 bridgehead atoms. The summed E-state index contributed by atoms with van der Waals surface area (Å²) in [5.74, 6) is -0.142. The fraction of sp³-hybridized carbons (Fsp3) is 0.391. The number of carbonyl (C=O) groups is 2. The number of anilines is 2. The molecule has 5 heteroatoms. The van der Waals surface area contributed by atoms with Crippen LogP contribution in [0.4, 0.5) is 11.4 Å². The van der Waals surface area contributed by atoms with Crippen molar-refractivity contribution in [3.05, 3.63) is 59.2 Å². The van der Waals surface area contributed by atoms with E-state index >= 15 is 0 Å². The number of hydrogen-bond donors (Lipinski definition) is 2. The maximum Gasteiger partial charge on any atom is 0.253 e. The first kappa shape index (κ1) is 21.5. The molecule has 0 unspecified atom stereocenters. The Labute approximate surface area is 168 Å². The molecule has 2 rings (SSSR count). The van der Waals surface area contributed by atoms with Crippen molar-refractivity contribution in [2.24, 2.45) is 0 Å². The molecule has 0 heterocycles. The molecule has 0 radical (unpaired) electrons. The fourth-order valence-corrected chi connectivity index (χ4v) is 3.16. The van der Waals surface area contributed by atoms with Crippen LogP contribution in [0.5, 0.6) is 0 Å². The molecular weight excluding hydrogens is 350 g/mol. The zero-order valence-corrected chi connectivity index (χ0v) is 17.3. The Morgan fingerprint density at radius 2 is 1.68 bits per heavy atom. The van der Waals surface area contributed by atoms with E-state index in [1.54, 1.807) is 24.3 Å². The smallest absolute Gasteiger partial charge is 0.253 e. The van der Waals surface area contributed by atoms with E-state index in [4.69, 9.17) is 0 Å². The van der Waals surface area contributed by atoms with E-state index in [9.17, 15) is 9.59 Å². The van der Waals surface area contributed by atoms with Gasteiger partial charge in [0.05, 0.1) is 6.54 Å². The van der Waals surface area contributed by atoms with Crippen LogP contribution < -0.4 is 10.6 Å². The first-order valence-corrected chi connectivity index (χ1v) is 9.95. The van der Waals surface area contributed by atoms with Crippen LogP contribution in [0.2, 0.25) is 0 Å². The molecule has 5 nitrogen and oxygen atoms in total. The van der Waals surface area contributed by atoms with Gasteiger partial charge in [-0.2, -0.15) is 0 Å². The Morgan fingerprint density at radius 1 is 0.964 bits per heavy atom. The predicted molar refractivity (Wildman–Crippen MR) is 116 cm³/mol. The Bertz CT molecular complexity index is 811. The molecule has 0 aromatic heterocycles. The van der Waals surface area contributed by atoms with Crippen molar-refractivity contribution >= 4 is 23.2 Å². The van der Waals surface area contributed by atoms with Crippen LogP contribution in [0, 0.1) is 13.8 Å². The van der Waals surface area contributed by atoms with Crippen LogP contribution in [0.1, 0.15) is 48.2 Å². The summed E-state index contributed by atoms with van der Waals surface area (Å²) >= 11 is 0. The topological polar surface area (TPSA) is 61.4 Å². The quantitative estimate of drug-likeness (QED) is 0.666. The average molecular weight is 382 g/mol. The van der Waals surface area contributed by atoms with Crippen molar-refractivity contribution in [2.75, 3.05) is 30.3 Å². The third-order valence-electron chi connectivity index (χ3n) is 4.49. The lowest BCUT2D eigenvalue weighted by molar-refractivity contribution is -0.114. The number of nitrogens with zero attached hydrogens (tertiary/aromatic N) is 1.